The molecule has 2 amide bonds. The van der Waals surface area contributed by atoms with Crippen molar-refractivity contribution in [2.24, 2.45) is 11.8 Å². The van der Waals surface area contributed by atoms with Gasteiger partial charge in [-0.2, -0.15) is 5.26 Å². The number of hydrogen-bond donors (Lipinski definition) is 1. The lowest BCUT2D eigenvalue weighted by Gasteiger charge is -2.44. The number of halogens is 2. The molecule has 3 atom stereocenters. The molecule has 1 aliphatic heterocycles. The molecule has 200 valence electrons. The van der Waals surface area contributed by atoms with Gasteiger partial charge in [0.1, 0.15) is 5.82 Å². The summed E-state index contributed by atoms with van der Waals surface area (Å²) in [6.45, 7) is 3.02. The third kappa shape index (κ3) is 5.03. The summed E-state index contributed by atoms with van der Waals surface area (Å²) >= 11 is 5.99. The summed E-state index contributed by atoms with van der Waals surface area (Å²) < 4.78 is 13.7. The van der Waals surface area contributed by atoms with Gasteiger partial charge in [-0.1, -0.05) is 30.2 Å². The number of amides is 2. The van der Waals surface area contributed by atoms with E-state index in [-0.39, 0.29) is 22.5 Å². The average molecular weight is 535 g/mol. The number of hydrogen-bond acceptors (Lipinski definition) is 3. The molecule has 0 aromatic heterocycles. The van der Waals surface area contributed by atoms with E-state index in [9.17, 15) is 14.4 Å². The summed E-state index contributed by atoms with van der Waals surface area (Å²) in [5.74, 6) is 0.538. The van der Waals surface area contributed by atoms with Crippen molar-refractivity contribution < 1.29 is 9.18 Å². The maximum absolute atomic E-state index is 13.7. The van der Waals surface area contributed by atoms with Crippen molar-refractivity contribution in [3.8, 4) is 6.07 Å². The van der Waals surface area contributed by atoms with Gasteiger partial charge in [0.2, 0.25) is 0 Å². The summed E-state index contributed by atoms with van der Waals surface area (Å²) in [4.78, 5) is 18.4. The fourth-order valence-corrected chi connectivity index (χ4v) is 7.42. The van der Waals surface area contributed by atoms with Crippen molar-refractivity contribution in [1.82, 2.24) is 9.80 Å². The first-order valence-corrected chi connectivity index (χ1v) is 14.6. The third-order valence-corrected chi connectivity index (χ3v) is 10.1. The van der Waals surface area contributed by atoms with Crippen LogP contribution in [0.5, 0.6) is 0 Å². The number of piperidine rings is 1. The SMILES string of the molecule is N#Cc1cccc([C@]23CCC(N(CC4CCN(C5CCC5)CC4)C(=O)Nc4ccc(F)c(Cl)c4)CC2C3)c1. The Morgan fingerprint density at radius 1 is 1.16 bits per heavy atom. The lowest BCUT2D eigenvalue weighted by molar-refractivity contribution is 0.0689. The molecule has 4 fully saturated rings. The van der Waals surface area contributed by atoms with Gasteiger partial charge in [-0.05, 0) is 118 Å². The number of nitrogens with one attached hydrogen (secondary N) is 1. The number of carbonyl (C=O) groups excluding carboxylic acids is 1. The minimum atomic E-state index is -0.488. The van der Waals surface area contributed by atoms with Crippen LogP contribution in [0, 0.1) is 29.0 Å². The Labute approximate surface area is 229 Å². The minimum Gasteiger partial charge on any atom is -0.321 e. The van der Waals surface area contributed by atoms with Gasteiger partial charge in [0.05, 0.1) is 16.7 Å². The Kier molecular flexibility index (Phi) is 7.09. The molecule has 2 unspecified atom stereocenters. The summed E-state index contributed by atoms with van der Waals surface area (Å²) in [7, 11) is 0. The van der Waals surface area contributed by atoms with Gasteiger partial charge in [-0.15, -0.1) is 0 Å². The number of carbonyl (C=O) groups is 1. The highest BCUT2D eigenvalue weighted by Crippen LogP contribution is 2.63. The van der Waals surface area contributed by atoms with Crippen molar-refractivity contribution in [2.75, 3.05) is 25.0 Å². The first-order chi connectivity index (χ1) is 18.4. The topological polar surface area (TPSA) is 59.4 Å². The molecule has 7 heteroatoms. The largest absolute Gasteiger partial charge is 0.322 e. The molecule has 0 bridgehead atoms. The van der Waals surface area contributed by atoms with Crippen LogP contribution in [0.15, 0.2) is 42.5 Å². The van der Waals surface area contributed by atoms with Crippen LogP contribution in [-0.4, -0.2) is 47.5 Å². The molecule has 1 heterocycles. The van der Waals surface area contributed by atoms with Gasteiger partial charge < -0.3 is 15.1 Å². The number of benzene rings is 2. The van der Waals surface area contributed by atoms with Gasteiger partial charge in [-0.3, -0.25) is 0 Å². The number of urea groups is 1. The quantitative estimate of drug-likeness (QED) is 0.436. The molecular formula is C31H36ClFN4O. The smallest absolute Gasteiger partial charge is 0.321 e. The third-order valence-electron chi connectivity index (χ3n) is 9.85. The van der Waals surface area contributed by atoms with E-state index in [1.54, 1.807) is 6.07 Å². The Hall–Kier alpha value is -2.62. The number of rotatable bonds is 6. The zero-order valence-corrected chi connectivity index (χ0v) is 22.6. The normalized spacial score (nSPS) is 27.6. The summed E-state index contributed by atoms with van der Waals surface area (Å²) in [6.07, 6.45) is 10.4. The summed E-state index contributed by atoms with van der Waals surface area (Å²) in [5.41, 5.74) is 2.68. The van der Waals surface area contributed by atoms with E-state index in [4.69, 9.17) is 11.6 Å². The van der Waals surface area contributed by atoms with E-state index in [0.717, 1.165) is 69.8 Å². The van der Waals surface area contributed by atoms with Crippen molar-refractivity contribution >= 4 is 23.3 Å². The second-order valence-electron chi connectivity index (χ2n) is 12.0. The maximum atomic E-state index is 13.7. The van der Waals surface area contributed by atoms with Crippen LogP contribution in [0.3, 0.4) is 0 Å². The van der Waals surface area contributed by atoms with Crippen molar-refractivity contribution in [1.29, 1.82) is 5.26 Å². The van der Waals surface area contributed by atoms with E-state index in [2.05, 4.69) is 33.3 Å². The van der Waals surface area contributed by atoms with Crippen molar-refractivity contribution in [2.45, 2.75) is 75.3 Å². The number of anilines is 1. The van der Waals surface area contributed by atoms with E-state index in [1.807, 2.05) is 12.1 Å². The molecule has 1 N–H and O–H groups in total. The van der Waals surface area contributed by atoms with Crippen LogP contribution in [-0.2, 0) is 5.41 Å². The first-order valence-electron chi connectivity index (χ1n) is 14.2. The van der Waals surface area contributed by atoms with Crippen LogP contribution in [0.4, 0.5) is 14.9 Å². The minimum absolute atomic E-state index is 0.0118. The standard InChI is InChI=1S/C31H36ClFN4O/c32-28-17-25(7-8-29(28)33)35-30(38)37(20-21-10-13-36(14-11-21)26-5-2-6-26)27-9-12-31(18-24(31)16-27)23-4-1-3-22(15-23)19-34/h1,3-4,7-8,15,17,21,24,26-27H,2,5-6,9-14,16,18,20H2,(H,35,38)/t24?,27?,31-/m1/s1. The highest BCUT2D eigenvalue weighted by Gasteiger charge is 2.58. The lowest BCUT2D eigenvalue weighted by Crippen LogP contribution is -2.50. The molecule has 6 rings (SSSR count). The van der Waals surface area contributed by atoms with Gasteiger partial charge in [0.15, 0.2) is 0 Å². The van der Waals surface area contributed by atoms with Gasteiger partial charge in [0.25, 0.3) is 0 Å². The van der Waals surface area contributed by atoms with Crippen LogP contribution < -0.4 is 5.32 Å². The van der Waals surface area contributed by atoms with E-state index in [0.29, 0.717) is 17.5 Å². The van der Waals surface area contributed by atoms with E-state index < -0.39 is 5.82 Å². The average Bonchev–Trinajstić information content (AvgIpc) is 3.64. The lowest BCUT2D eigenvalue weighted by atomic mass is 9.79. The Morgan fingerprint density at radius 2 is 1.97 bits per heavy atom. The van der Waals surface area contributed by atoms with Crippen LogP contribution in [0.25, 0.3) is 0 Å². The first kappa shape index (κ1) is 25.6. The Bertz CT molecular complexity index is 1230. The second-order valence-corrected chi connectivity index (χ2v) is 12.4. The Balaban J connectivity index is 1.16. The van der Waals surface area contributed by atoms with Gasteiger partial charge >= 0.3 is 6.03 Å². The second kappa shape index (κ2) is 10.5. The van der Waals surface area contributed by atoms with Gasteiger partial charge in [-0.25, -0.2) is 9.18 Å². The van der Waals surface area contributed by atoms with Crippen LogP contribution >= 0.6 is 11.6 Å². The monoisotopic (exact) mass is 534 g/mol. The molecular weight excluding hydrogens is 499 g/mol. The number of likely N-dealkylation sites (tertiary alicyclic amines) is 1. The molecule has 3 saturated carbocycles. The van der Waals surface area contributed by atoms with E-state index >= 15 is 0 Å². The van der Waals surface area contributed by atoms with Crippen molar-refractivity contribution in [3.05, 3.63) is 64.4 Å². The molecule has 2 aromatic rings. The number of nitriles is 1. The zero-order chi connectivity index (χ0) is 26.3. The Morgan fingerprint density at radius 3 is 2.66 bits per heavy atom. The van der Waals surface area contributed by atoms with E-state index in [1.165, 1.54) is 37.0 Å². The molecule has 1 saturated heterocycles. The molecule has 2 aromatic carbocycles. The fraction of sp³-hybridized carbons (Fsp3) is 0.548. The number of nitrogens with zero attached hydrogens (tertiary/aromatic N) is 3. The number of fused-ring (bicyclic) bond motifs is 1. The fourth-order valence-electron chi connectivity index (χ4n) is 7.24. The molecule has 0 radical (unpaired) electrons. The molecule has 4 aliphatic rings. The molecule has 3 aliphatic carbocycles. The zero-order valence-electron chi connectivity index (χ0n) is 21.8. The molecule has 5 nitrogen and oxygen atoms in total. The van der Waals surface area contributed by atoms with Gasteiger partial charge in [0, 0.05) is 24.3 Å². The van der Waals surface area contributed by atoms with Crippen LogP contribution in [0.2, 0.25) is 5.02 Å². The highest BCUT2D eigenvalue weighted by molar-refractivity contribution is 6.31. The predicted molar refractivity (Wildman–Crippen MR) is 148 cm³/mol. The summed E-state index contributed by atoms with van der Waals surface area (Å²) in [5, 5.41) is 12.4. The highest BCUT2D eigenvalue weighted by atomic mass is 35.5. The summed E-state index contributed by atoms with van der Waals surface area (Å²) in [6, 6.07) is 15.6. The molecule has 0 spiro atoms. The van der Waals surface area contributed by atoms with Crippen LogP contribution in [0.1, 0.15) is 68.9 Å². The molecule has 38 heavy (non-hydrogen) atoms. The van der Waals surface area contributed by atoms with Crippen molar-refractivity contribution in [3.63, 3.8) is 0 Å². The maximum Gasteiger partial charge on any atom is 0.322 e. The predicted octanol–water partition coefficient (Wildman–Crippen LogP) is 6.96.